The average molecular weight is 482 g/mol. The summed E-state index contributed by atoms with van der Waals surface area (Å²) in [5.74, 6) is -0.491. The molecule has 0 unspecified atom stereocenters. The number of rotatable bonds is 4. The highest BCUT2D eigenvalue weighted by atomic mass is 19.4. The molecule has 0 bridgehead atoms. The molecule has 1 amide bonds. The van der Waals surface area contributed by atoms with E-state index in [0.717, 1.165) is 10.9 Å². The number of aryl methyl sites for hydroxylation is 1. The van der Waals surface area contributed by atoms with E-state index in [4.69, 9.17) is 4.52 Å². The van der Waals surface area contributed by atoms with Gasteiger partial charge in [-0.2, -0.15) is 31.4 Å². The van der Waals surface area contributed by atoms with Crippen LogP contribution in [0.1, 0.15) is 27.3 Å². The summed E-state index contributed by atoms with van der Waals surface area (Å²) in [6.45, 7) is 1.46. The van der Waals surface area contributed by atoms with Gasteiger partial charge in [-0.1, -0.05) is 15.9 Å². The Hall–Kier alpha value is -4.16. The van der Waals surface area contributed by atoms with Crippen molar-refractivity contribution >= 4 is 11.6 Å². The smallest absolute Gasteiger partial charge is 0.354 e. The molecule has 0 saturated heterocycles. The van der Waals surface area contributed by atoms with E-state index in [1.165, 1.54) is 19.2 Å². The van der Waals surface area contributed by atoms with Crippen LogP contribution in [0.4, 0.5) is 32.0 Å². The second-order valence-corrected chi connectivity index (χ2v) is 7.12. The maximum atomic E-state index is 13.5. The average Bonchev–Trinajstić information content (AvgIpc) is 3.40. The predicted octanol–water partition coefficient (Wildman–Crippen LogP) is 4.94. The molecule has 0 aliphatic carbocycles. The van der Waals surface area contributed by atoms with Crippen molar-refractivity contribution < 1.29 is 40.3 Å². The van der Waals surface area contributed by atoms with Crippen LogP contribution < -0.4 is 10.00 Å². The fourth-order valence-corrected chi connectivity index (χ4v) is 3.10. The summed E-state index contributed by atoms with van der Waals surface area (Å²) >= 11 is 0. The Morgan fingerprint density at radius 3 is 2.47 bits per heavy atom. The molecule has 34 heavy (non-hydrogen) atoms. The molecule has 0 atom stereocenters. The zero-order chi connectivity index (χ0) is 24.7. The van der Waals surface area contributed by atoms with Crippen molar-refractivity contribution in [2.24, 2.45) is 0 Å². The molecule has 3 aromatic heterocycles. The SMILES string of the molecule is Cc1[nH][n+](-c2ccc(C(F)(F)F)cc2C(F)(F)F)cc1NC(=O)c1cc(-c2ccccn2)on1. The third kappa shape index (κ3) is 4.63. The molecular weight excluding hydrogens is 468 g/mol. The number of amides is 1. The highest BCUT2D eigenvalue weighted by Gasteiger charge is 2.41. The van der Waals surface area contributed by atoms with E-state index in [1.54, 1.807) is 18.2 Å². The van der Waals surface area contributed by atoms with Crippen LogP contribution in [0.15, 0.2) is 59.4 Å². The first-order chi connectivity index (χ1) is 15.9. The number of aromatic amines is 1. The number of alkyl halides is 6. The molecule has 3 heterocycles. The maximum absolute atomic E-state index is 13.5. The van der Waals surface area contributed by atoms with Gasteiger partial charge in [0.05, 0.1) is 5.56 Å². The molecule has 4 aromatic rings. The molecule has 0 radical (unpaired) electrons. The third-order valence-corrected chi connectivity index (χ3v) is 4.75. The van der Waals surface area contributed by atoms with E-state index in [0.29, 0.717) is 17.8 Å². The van der Waals surface area contributed by atoms with E-state index in [-0.39, 0.29) is 28.9 Å². The van der Waals surface area contributed by atoms with Gasteiger partial charge in [0.1, 0.15) is 22.6 Å². The van der Waals surface area contributed by atoms with Crippen molar-refractivity contribution in [2.45, 2.75) is 19.3 Å². The van der Waals surface area contributed by atoms with Gasteiger partial charge in [0.2, 0.25) is 11.9 Å². The van der Waals surface area contributed by atoms with Crippen LogP contribution in [0.5, 0.6) is 0 Å². The monoisotopic (exact) mass is 482 g/mol. The number of benzene rings is 1. The van der Waals surface area contributed by atoms with Crippen LogP contribution in [-0.2, 0) is 12.4 Å². The molecule has 2 N–H and O–H groups in total. The quantitative estimate of drug-likeness (QED) is 0.319. The number of hydrogen-bond acceptors (Lipinski definition) is 4. The van der Waals surface area contributed by atoms with E-state index in [9.17, 15) is 31.1 Å². The molecule has 0 fully saturated rings. The van der Waals surface area contributed by atoms with Gasteiger partial charge in [-0.3, -0.25) is 9.78 Å². The molecule has 0 aliphatic heterocycles. The third-order valence-electron chi connectivity index (χ3n) is 4.75. The fraction of sp³-hybridized carbons (Fsp3) is 0.143. The summed E-state index contributed by atoms with van der Waals surface area (Å²) < 4.78 is 85.2. The second-order valence-electron chi connectivity index (χ2n) is 7.12. The number of nitrogens with one attached hydrogen (secondary N) is 2. The van der Waals surface area contributed by atoms with Gasteiger partial charge in [0.15, 0.2) is 11.5 Å². The van der Waals surface area contributed by atoms with E-state index in [1.807, 2.05) is 0 Å². The van der Waals surface area contributed by atoms with Crippen molar-refractivity contribution in [3.8, 4) is 17.1 Å². The molecule has 0 spiro atoms. The zero-order valence-electron chi connectivity index (χ0n) is 17.1. The highest BCUT2D eigenvalue weighted by molar-refractivity contribution is 6.03. The summed E-state index contributed by atoms with van der Waals surface area (Å²) in [6.07, 6.45) is -7.37. The fourth-order valence-electron chi connectivity index (χ4n) is 3.10. The number of halogens is 6. The summed E-state index contributed by atoms with van der Waals surface area (Å²) in [6, 6.07) is 7.66. The standard InChI is InChI=1S/C21H13F6N5O2/c1-11-16(29-19(33)15-9-18(34-31-15)14-4-2-3-7-28-14)10-32(30-11)17-6-5-12(20(22,23)24)8-13(17)21(25,26)27/h2-10H,1H3,(H,29,33)/p+1. The first kappa shape index (κ1) is 23.0. The first-order valence-corrected chi connectivity index (χ1v) is 9.53. The van der Waals surface area contributed by atoms with Crippen LogP contribution in [0.2, 0.25) is 0 Å². The summed E-state index contributed by atoms with van der Waals surface area (Å²) in [5, 5.41) is 8.73. The maximum Gasteiger partial charge on any atom is 0.422 e. The van der Waals surface area contributed by atoms with Gasteiger partial charge in [0.25, 0.3) is 5.91 Å². The van der Waals surface area contributed by atoms with Gasteiger partial charge in [-0.15, -0.1) is 0 Å². The Bertz CT molecular complexity index is 1340. The van der Waals surface area contributed by atoms with Crippen LogP contribution in [-0.4, -0.2) is 21.1 Å². The largest absolute Gasteiger partial charge is 0.422 e. The van der Waals surface area contributed by atoms with Crippen molar-refractivity contribution in [1.29, 1.82) is 0 Å². The van der Waals surface area contributed by atoms with Crippen LogP contribution in [0.3, 0.4) is 0 Å². The van der Waals surface area contributed by atoms with E-state index < -0.39 is 35.1 Å². The second kappa shape index (κ2) is 8.32. The number of aromatic nitrogens is 4. The highest BCUT2D eigenvalue weighted by Crippen LogP contribution is 2.37. The van der Waals surface area contributed by atoms with Gasteiger partial charge >= 0.3 is 12.4 Å². The van der Waals surface area contributed by atoms with Crippen molar-refractivity contribution in [1.82, 2.24) is 15.2 Å². The number of carbonyl (C=O) groups excluding carboxylic acids is 1. The van der Waals surface area contributed by atoms with Gasteiger partial charge in [0, 0.05) is 18.3 Å². The number of H-pyrrole nitrogens is 1. The van der Waals surface area contributed by atoms with Gasteiger partial charge in [-0.25, -0.2) is 0 Å². The summed E-state index contributed by atoms with van der Waals surface area (Å²) in [7, 11) is 0. The van der Waals surface area contributed by atoms with Crippen molar-refractivity contribution in [3.63, 3.8) is 0 Å². The number of carbonyl (C=O) groups is 1. The Kier molecular flexibility index (Phi) is 5.63. The Morgan fingerprint density at radius 1 is 1.06 bits per heavy atom. The Balaban J connectivity index is 1.62. The van der Waals surface area contributed by atoms with E-state index >= 15 is 0 Å². The molecule has 0 aliphatic rings. The van der Waals surface area contributed by atoms with Crippen LogP contribution in [0, 0.1) is 6.92 Å². The topological polar surface area (TPSA) is 87.7 Å². The molecule has 7 nitrogen and oxygen atoms in total. The lowest BCUT2D eigenvalue weighted by Crippen LogP contribution is -2.35. The molecule has 1 aromatic carbocycles. The molecule has 176 valence electrons. The molecule has 4 rings (SSSR count). The number of nitrogens with zero attached hydrogens (tertiary/aromatic N) is 3. The first-order valence-electron chi connectivity index (χ1n) is 9.53. The minimum Gasteiger partial charge on any atom is -0.354 e. The van der Waals surface area contributed by atoms with Crippen LogP contribution >= 0.6 is 0 Å². The number of pyridine rings is 1. The number of anilines is 1. The summed E-state index contributed by atoms with van der Waals surface area (Å²) in [5.41, 5.74) is -2.86. The predicted molar refractivity (Wildman–Crippen MR) is 105 cm³/mol. The molecular formula is C21H14F6N5O2+. The lowest BCUT2D eigenvalue weighted by molar-refractivity contribution is -0.656. The molecule has 0 saturated carbocycles. The van der Waals surface area contributed by atoms with Crippen LogP contribution in [0.25, 0.3) is 17.1 Å². The summed E-state index contributed by atoms with van der Waals surface area (Å²) in [4.78, 5) is 16.6. The lowest BCUT2D eigenvalue weighted by atomic mass is 10.1. The molecule has 13 heteroatoms. The minimum absolute atomic E-state index is 0.0330. The van der Waals surface area contributed by atoms with Crippen molar-refractivity contribution in [2.75, 3.05) is 5.32 Å². The Labute approximate surface area is 187 Å². The minimum atomic E-state index is -5.06. The zero-order valence-corrected chi connectivity index (χ0v) is 17.1. The van der Waals surface area contributed by atoms with Gasteiger partial charge < -0.3 is 9.84 Å². The Morgan fingerprint density at radius 2 is 1.82 bits per heavy atom. The van der Waals surface area contributed by atoms with Gasteiger partial charge in [-0.05, 0) is 31.2 Å². The van der Waals surface area contributed by atoms with Crippen molar-refractivity contribution in [3.05, 3.63) is 77.4 Å². The number of hydrogen-bond donors (Lipinski definition) is 2. The van der Waals surface area contributed by atoms with E-state index in [2.05, 4.69) is 20.6 Å². The lowest BCUT2D eigenvalue weighted by Gasteiger charge is -2.11. The normalized spacial score (nSPS) is 12.1.